The van der Waals surface area contributed by atoms with E-state index in [1.54, 1.807) is 6.20 Å². The zero-order valence-electron chi connectivity index (χ0n) is 32.1. The van der Waals surface area contributed by atoms with Crippen molar-refractivity contribution in [1.29, 1.82) is 0 Å². The number of carbonyl (C=O) groups is 3. The molecule has 13 nitrogen and oxygen atoms in total. The van der Waals surface area contributed by atoms with Crippen LogP contribution in [0.25, 0.3) is 16.1 Å². The minimum atomic E-state index is -1.13. The summed E-state index contributed by atoms with van der Waals surface area (Å²) < 4.78 is 0. The summed E-state index contributed by atoms with van der Waals surface area (Å²) in [6, 6.07) is 12.5. The molecule has 1 aliphatic carbocycles. The van der Waals surface area contributed by atoms with Crippen LogP contribution in [-0.4, -0.2) is 93.4 Å². The van der Waals surface area contributed by atoms with Gasteiger partial charge in [0.1, 0.15) is 12.6 Å². The Morgan fingerprint density at radius 3 is 2.57 bits per heavy atom. The summed E-state index contributed by atoms with van der Waals surface area (Å²) in [5, 5.41) is 50.0. The maximum absolute atomic E-state index is 12.5. The summed E-state index contributed by atoms with van der Waals surface area (Å²) in [4.78, 5) is 43.3. The Morgan fingerprint density at radius 2 is 1.86 bits per heavy atom. The van der Waals surface area contributed by atoms with Gasteiger partial charge in [0.25, 0.3) is 0 Å². The second-order valence-electron chi connectivity index (χ2n) is 15.6. The van der Waals surface area contributed by atoms with Crippen LogP contribution in [0.3, 0.4) is 0 Å². The lowest BCUT2D eigenvalue weighted by Crippen LogP contribution is -2.52. The van der Waals surface area contributed by atoms with Crippen LogP contribution in [0.1, 0.15) is 93.2 Å². The molecule has 2 heterocycles. The van der Waals surface area contributed by atoms with Crippen molar-refractivity contribution in [2.45, 2.75) is 120 Å². The third-order valence-electron chi connectivity index (χ3n) is 11.6. The summed E-state index contributed by atoms with van der Waals surface area (Å²) in [5.74, 6) is -0.336. The number of aliphatic carboxylic acids is 1. The Morgan fingerprint density at radius 1 is 1.02 bits per heavy atom. The highest BCUT2D eigenvalue weighted by Crippen LogP contribution is 2.46. The number of aliphatic hydroxyl groups excluding tert-OH is 3. The number of aromatic nitrogens is 1. The summed E-state index contributed by atoms with van der Waals surface area (Å²) in [6.07, 6.45) is 12.0. The lowest BCUT2D eigenvalue weighted by Gasteiger charge is -2.41. The molecular formula is C43H59N6O7-. The fourth-order valence-electron chi connectivity index (χ4n) is 8.69. The molecular weight excluding hydrogens is 713 g/mol. The molecule has 8 atom stereocenters. The quantitative estimate of drug-likeness (QED) is 0.0489. The number of aromatic amines is 1. The first-order valence-electron chi connectivity index (χ1n) is 20.1. The van der Waals surface area contributed by atoms with E-state index in [2.05, 4.69) is 39.6 Å². The highest BCUT2D eigenvalue weighted by atomic mass is 16.4. The smallest absolute Gasteiger partial charge is 0.328 e. The molecule has 3 aromatic rings. The number of hydrogen-bond donors (Lipinski definition) is 8. The average molecular weight is 772 g/mol. The van der Waals surface area contributed by atoms with Crippen molar-refractivity contribution in [3.8, 4) is 0 Å². The predicted molar refractivity (Wildman–Crippen MR) is 218 cm³/mol. The summed E-state index contributed by atoms with van der Waals surface area (Å²) in [7, 11) is 0. The van der Waals surface area contributed by atoms with Gasteiger partial charge in [-0.25, -0.2) is 9.79 Å². The number of guanidine groups is 1. The number of nitrogens with two attached hydrogens (primary N) is 2. The predicted octanol–water partition coefficient (Wildman–Crippen LogP) is 4.68. The van der Waals surface area contributed by atoms with Gasteiger partial charge < -0.3 is 57.1 Å². The Hall–Kier alpha value is -4.56. The first kappa shape index (κ1) is 42.6. The van der Waals surface area contributed by atoms with Crippen LogP contribution in [0, 0.1) is 11.8 Å². The zero-order chi connectivity index (χ0) is 40.0. The molecule has 304 valence electrons. The SMILES string of the molecule is NC1=NC(C(=CC(=O)O)C(CC2CCc3cc4ccc(CC=O)cc4cc3C2CCCC(N)CCC(C=O)CCCO)[N-]c2ccc[nH]2)CC(C(O)CCO)N1. The molecule has 13 heteroatoms. The molecule has 0 saturated heterocycles. The average Bonchev–Trinajstić information content (AvgIpc) is 3.70. The molecule has 10 N–H and O–H groups in total. The van der Waals surface area contributed by atoms with E-state index < -0.39 is 30.2 Å². The number of nitrogens with one attached hydrogen (secondary N) is 2. The second-order valence-corrected chi connectivity index (χ2v) is 15.6. The second kappa shape index (κ2) is 21.1. The number of fused-ring (bicyclic) bond motifs is 2. The van der Waals surface area contributed by atoms with Gasteiger partial charge in [-0.1, -0.05) is 60.9 Å². The molecule has 8 unspecified atom stereocenters. The van der Waals surface area contributed by atoms with E-state index in [9.17, 15) is 34.8 Å². The third-order valence-corrected chi connectivity index (χ3v) is 11.6. The maximum atomic E-state index is 12.5. The highest BCUT2D eigenvalue weighted by Gasteiger charge is 2.36. The Balaban J connectivity index is 1.47. The van der Waals surface area contributed by atoms with Crippen molar-refractivity contribution < 1.29 is 34.8 Å². The van der Waals surface area contributed by atoms with Gasteiger partial charge in [0, 0.05) is 37.7 Å². The molecule has 1 aliphatic heterocycles. The molecule has 2 aliphatic rings. The number of aryl methyl sites for hydroxylation is 1. The number of H-pyrrole nitrogens is 1. The van der Waals surface area contributed by atoms with Crippen molar-refractivity contribution in [3.63, 3.8) is 0 Å². The molecule has 56 heavy (non-hydrogen) atoms. The topological polar surface area (TPSA) is 238 Å². The van der Waals surface area contributed by atoms with E-state index in [1.807, 2.05) is 18.2 Å². The Bertz CT molecular complexity index is 1800. The Labute approximate surface area is 329 Å². The number of carboxylic acids is 1. The number of carbonyl (C=O) groups excluding carboxylic acids is 2. The van der Waals surface area contributed by atoms with Crippen LogP contribution in [0.5, 0.6) is 0 Å². The van der Waals surface area contributed by atoms with Crippen molar-refractivity contribution in [3.05, 3.63) is 82.3 Å². The van der Waals surface area contributed by atoms with Crippen LogP contribution in [0.15, 0.2) is 65.3 Å². The lowest BCUT2D eigenvalue weighted by molar-refractivity contribution is -0.131. The van der Waals surface area contributed by atoms with E-state index in [0.717, 1.165) is 67.4 Å². The van der Waals surface area contributed by atoms with Crippen molar-refractivity contribution in [2.75, 3.05) is 13.2 Å². The van der Waals surface area contributed by atoms with E-state index in [4.69, 9.17) is 16.8 Å². The highest BCUT2D eigenvalue weighted by molar-refractivity contribution is 5.86. The molecule has 1 aromatic heterocycles. The molecule has 0 bridgehead atoms. The minimum absolute atomic E-state index is 0.0637. The van der Waals surface area contributed by atoms with Gasteiger partial charge in [-0.05, 0) is 122 Å². The van der Waals surface area contributed by atoms with Crippen molar-refractivity contribution >= 4 is 41.1 Å². The van der Waals surface area contributed by atoms with E-state index >= 15 is 0 Å². The fraction of sp³-hybridized carbons (Fsp3) is 0.535. The first-order chi connectivity index (χ1) is 27.1. The number of nitrogens with zero attached hydrogens (tertiary/aromatic N) is 2. The largest absolute Gasteiger partial charge is 0.478 e. The fourth-order valence-corrected chi connectivity index (χ4v) is 8.69. The zero-order valence-corrected chi connectivity index (χ0v) is 32.1. The summed E-state index contributed by atoms with van der Waals surface area (Å²) in [6.45, 7) is -0.148. The third kappa shape index (κ3) is 11.7. The van der Waals surface area contributed by atoms with Gasteiger partial charge in [-0.3, -0.25) is 0 Å². The molecule has 0 fully saturated rings. The number of aliphatic hydroxyl groups is 3. The van der Waals surface area contributed by atoms with Crippen LogP contribution >= 0.6 is 0 Å². The van der Waals surface area contributed by atoms with Crippen molar-refractivity contribution in [2.24, 2.45) is 28.3 Å². The number of benzene rings is 2. The van der Waals surface area contributed by atoms with E-state index in [0.29, 0.717) is 43.5 Å². The van der Waals surface area contributed by atoms with Gasteiger partial charge in [0.05, 0.1) is 18.2 Å². The van der Waals surface area contributed by atoms with E-state index in [1.165, 1.54) is 17.2 Å². The van der Waals surface area contributed by atoms with Crippen molar-refractivity contribution in [1.82, 2.24) is 10.3 Å². The van der Waals surface area contributed by atoms with E-state index in [-0.39, 0.29) is 55.8 Å². The molecule has 0 radical (unpaired) electrons. The van der Waals surface area contributed by atoms with Gasteiger partial charge in [0.2, 0.25) is 0 Å². The summed E-state index contributed by atoms with van der Waals surface area (Å²) in [5.41, 5.74) is 16.8. The minimum Gasteiger partial charge on any atom is -0.478 e. The lowest BCUT2D eigenvalue weighted by atomic mass is 9.69. The van der Waals surface area contributed by atoms with Crippen LogP contribution < -0.4 is 16.8 Å². The number of aliphatic imine (C=N–C) groups is 1. The number of aldehydes is 2. The van der Waals surface area contributed by atoms with Gasteiger partial charge in [-0.2, -0.15) is 0 Å². The molecule has 5 rings (SSSR count). The first-order valence-corrected chi connectivity index (χ1v) is 20.1. The standard InChI is InChI=1S/C43H59N6O7/c44-33(13-9-28(26-53)4-3-17-50)5-1-6-34-31(12-11-30-21-29-10-8-27(14-18-51)20-32(29)22-35(30)34)23-37(47-41-7-2-16-46-41)36(24-42(55)56)38-25-39(40(54)15-19-52)49-43(45)48-38/h2,7-8,10,16,18,20-22,24,26,28,31,33-34,37-40,46,50,52,54H,1,3-6,9,11-15,17,19,23,25,44H2,(H,55,56)(H3,45,48,49)/q-1. The monoisotopic (exact) mass is 771 g/mol. The molecule has 0 amide bonds. The number of rotatable bonds is 23. The Kier molecular flexibility index (Phi) is 16.0. The van der Waals surface area contributed by atoms with Crippen LogP contribution in [-0.2, 0) is 27.2 Å². The van der Waals surface area contributed by atoms with Gasteiger partial charge >= 0.3 is 5.97 Å². The van der Waals surface area contributed by atoms with Gasteiger partial charge in [0.15, 0.2) is 5.96 Å². The molecule has 2 aromatic carbocycles. The molecule has 0 saturated carbocycles. The summed E-state index contributed by atoms with van der Waals surface area (Å²) >= 11 is 0. The van der Waals surface area contributed by atoms with Crippen LogP contribution in [0.4, 0.5) is 5.82 Å². The number of hydrogen-bond acceptors (Lipinski definition) is 10. The number of carboxylic acid groups (broad SMARTS) is 1. The maximum Gasteiger partial charge on any atom is 0.328 e. The molecule has 0 spiro atoms. The normalized spacial score (nSPS) is 21.9. The van der Waals surface area contributed by atoms with Crippen LogP contribution in [0.2, 0.25) is 0 Å². The van der Waals surface area contributed by atoms with Gasteiger partial charge in [-0.15, -0.1) is 0 Å².